The van der Waals surface area contributed by atoms with Crippen LogP contribution < -0.4 is 10.2 Å². The summed E-state index contributed by atoms with van der Waals surface area (Å²) in [5, 5.41) is 11.3. The summed E-state index contributed by atoms with van der Waals surface area (Å²) in [5.74, 6) is 0.102. The van der Waals surface area contributed by atoms with Crippen molar-refractivity contribution in [3.8, 4) is 0 Å². The van der Waals surface area contributed by atoms with Crippen LogP contribution in [-0.2, 0) is 9.59 Å². The molecule has 0 bridgehead atoms. The third-order valence-electron chi connectivity index (χ3n) is 2.77. The molecule has 0 radical (unpaired) electrons. The third kappa shape index (κ3) is 3.48. The molecule has 1 aliphatic heterocycles. The number of carbonyl (C=O) groups is 2. The quantitative estimate of drug-likeness (QED) is 0.776. The van der Waals surface area contributed by atoms with Crippen molar-refractivity contribution in [3.05, 3.63) is 24.3 Å². The highest BCUT2D eigenvalue weighted by Gasteiger charge is 2.25. The maximum Gasteiger partial charge on any atom is 0.240 e. The highest BCUT2D eigenvalue weighted by atomic mass is 32.2. The van der Waals surface area contributed by atoms with Crippen molar-refractivity contribution in [2.75, 3.05) is 30.3 Å². The van der Waals surface area contributed by atoms with Crippen LogP contribution in [0.3, 0.4) is 0 Å². The molecule has 2 amide bonds. The number of para-hydroxylation sites is 1. The Labute approximate surface area is 116 Å². The number of aliphatic hydroxyl groups is 1. The fraction of sp³-hybridized carbons (Fsp3) is 0.385. The molecule has 0 saturated heterocycles. The Bertz CT molecular complexity index is 479. The average molecular weight is 280 g/mol. The number of amides is 2. The van der Waals surface area contributed by atoms with Gasteiger partial charge in [-0.25, -0.2) is 0 Å². The Kier molecular flexibility index (Phi) is 4.81. The monoisotopic (exact) mass is 280 g/mol. The molecule has 102 valence electrons. The molecule has 0 aromatic heterocycles. The second-order valence-electron chi connectivity index (χ2n) is 4.16. The van der Waals surface area contributed by atoms with E-state index in [2.05, 4.69) is 5.32 Å². The number of thioether (sulfide) groups is 1. The van der Waals surface area contributed by atoms with Crippen LogP contribution in [0.15, 0.2) is 29.2 Å². The summed E-state index contributed by atoms with van der Waals surface area (Å²) in [6, 6.07) is 7.57. The van der Waals surface area contributed by atoms with Gasteiger partial charge >= 0.3 is 0 Å². The zero-order valence-corrected chi connectivity index (χ0v) is 11.3. The van der Waals surface area contributed by atoms with Gasteiger partial charge in [0.25, 0.3) is 0 Å². The van der Waals surface area contributed by atoms with Gasteiger partial charge in [0.2, 0.25) is 11.8 Å². The van der Waals surface area contributed by atoms with Crippen LogP contribution >= 0.6 is 11.8 Å². The zero-order chi connectivity index (χ0) is 13.7. The molecular weight excluding hydrogens is 264 g/mol. The first-order chi connectivity index (χ1) is 9.22. The number of nitrogens with zero attached hydrogens (tertiary/aromatic N) is 1. The SMILES string of the molecule is O=C(CN1C(=O)CSc2ccccc21)NCCCO. The summed E-state index contributed by atoms with van der Waals surface area (Å²) in [5.41, 5.74) is 0.793. The van der Waals surface area contributed by atoms with E-state index in [0.29, 0.717) is 18.7 Å². The van der Waals surface area contributed by atoms with E-state index in [0.717, 1.165) is 10.6 Å². The summed E-state index contributed by atoms with van der Waals surface area (Å²) in [6.45, 7) is 0.498. The lowest BCUT2D eigenvalue weighted by molar-refractivity contribution is -0.123. The van der Waals surface area contributed by atoms with Crippen LogP contribution in [-0.4, -0.2) is 42.4 Å². The predicted molar refractivity (Wildman–Crippen MR) is 74.2 cm³/mol. The molecular formula is C13H16N2O3S. The number of anilines is 1. The number of hydrogen-bond acceptors (Lipinski definition) is 4. The van der Waals surface area contributed by atoms with Crippen molar-refractivity contribution >= 4 is 29.3 Å². The van der Waals surface area contributed by atoms with Crippen LogP contribution in [0.5, 0.6) is 0 Å². The minimum atomic E-state index is -0.205. The molecule has 2 rings (SSSR count). The fourth-order valence-corrected chi connectivity index (χ4v) is 2.77. The summed E-state index contributed by atoms with van der Waals surface area (Å²) >= 11 is 1.49. The van der Waals surface area contributed by atoms with Gasteiger partial charge in [0.15, 0.2) is 0 Å². The van der Waals surface area contributed by atoms with E-state index >= 15 is 0 Å². The maximum atomic E-state index is 11.9. The lowest BCUT2D eigenvalue weighted by Crippen LogP contribution is -2.43. The molecule has 5 nitrogen and oxygen atoms in total. The Morgan fingerprint density at radius 1 is 1.42 bits per heavy atom. The Hall–Kier alpha value is -1.53. The minimum absolute atomic E-state index is 0.0296. The molecule has 19 heavy (non-hydrogen) atoms. The predicted octanol–water partition coefficient (Wildman–Crippen LogP) is 0.624. The highest BCUT2D eigenvalue weighted by Crippen LogP contribution is 2.34. The number of benzene rings is 1. The standard InChI is InChI=1S/C13H16N2O3S/c16-7-3-6-14-12(17)8-15-10-4-1-2-5-11(10)19-9-13(15)18/h1-2,4-5,16H,3,6-9H2,(H,14,17). The van der Waals surface area contributed by atoms with Gasteiger partial charge in [-0.05, 0) is 18.6 Å². The third-order valence-corrected chi connectivity index (χ3v) is 3.81. The number of fused-ring (bicyclic) bond motifs is 1. The zero-order valence-electron chi connectivity index (χ0n) is 10.5. The number of carbonyl (C=O) groups excluding carboxylic acids is 2. The van der Waals surface area contributed by atoms with Crippen LogP contribution in [0.25, 0.3) is 0 Å². The maximum absolute atomic E-state index is 11.9. The summed E-state index contributed by atoms with van der Waals surface area (Å²) < 4.78 is 0. The molecule has 1 heterocycles. The number of hydrogen-bond donors (Lipinski definition) is 2. The molecule has 0 aliphatic carbocycles. The lowest BCUT2D eigenvalue weighted by atomic mass is 10.2. The molecule has 0 fully saturated rings. The van der Waals surface area contributed by atoms with Gasteiger partial charge in [-0.3, -0.25) is 9.59 Å². The van der Waals surface area contributed by atoms with E-state index in [9.17, 15) is 9.59 Å². The summed E-state index contributed by atoms with van der Waals surface area (Å²) in [4.78, 5) is 26.2. The van der Waals surface area contributed by atoms with Crippen LogP contribution in [0, 0.1) is 0 Å². The van der Waals surface area contributed by atoms with E-state index in [1.165, 1.54) is 16.7 Å². The molecule has 0 atom stereocenters. The Morgan fingerprint density at radius 2 is 2.21 bits per heavy atom. The van der Waals surface area contributed by atoms with Crippen molar-refractivity contribution in [1.29, 1.82) is 0 Å². The normalized spacial score (nSPS) is 14.2. The smallest absolute Gasteiger partial charge is 0.240 e. The molecule has 0 spiro atoms. The van der Waals surface area contributed by atoms with Gasteiger partial charge in [0.05, 0.1) is 11.4 Å². The first-order valence-corrected chi connectivity index (χ1v) is 7.10. The van der Waals surface area contributed by atoms with Crippen LogP contribution in [0.1, 0.15) is 6.42 Å². The number of nitrogens with one attached hydrogen (secondary N) is 1. The van der Waals surface area contributed by atoms with E-state index in [1.54, 1.807) is 0 Å². The number of aliphatic hydroxyl groups excluding tert-OH is 1. The van der Waals surface area contributed by atoms with Gasteiger partial charge in [-0.2, -0.15) is 0 Å². The van der Waals surface area contributed by atoms with E-state index in [-0.39, 0.29) is 25.0 Å². The van der Waals surface area contributed by atoms with Crippen molar-refractivity contribution in [1.82, 2.24) is 5.32 Å². The average Bonchev–Trinajstić information content (AvgIpc) is 2.42. The van der Waals surface area contributed by atoms with Gasteiger partial charge in [-0.15, -0.1) is 11.8 Å². The van der Waals surface area contributed by atoms with Crippen molar-refractivity contribution in [3.63, 3.8) is 0 Å². The Balaban J connectivity index is 2.03. The summed E-state index contributed by atoms with van der Waals surface area (Å²) in [7, 11) is 0. The van der Waals surface area contributed by atoms with Crippen molar-refractivity contribution in [2.45, 2.75) is 11.3 Å². The lowest BCUT2D eigenvalue weighted by Gasteiger charge is -2.28. The second kappa shape index (κ2) is 6.58. The second-order valence-corrected chi connectivity index (χ2v) is 5.18. The molecule has 0 unspecified atom stereocenters. The molecule has 2 N–H and O–H groups in total. The first-order valence-electron chi connectivity index (χ1n) is 6.12. The van der Waals surface area contributed by atoms with E-state index < -0.39 is 0 Å². The molecule has 6 heteroatoms. The molecule has 0 saturated carbocycles. The van der Waals surface area contributed by atoms with E-state index in [4.69, 9.17) is 5.11 Å². The first kappa shape index (κ1) is 13.9. The Morgan fingerprint density at radius 3 is 3.00 bits per heavy atom. The highest BCUT2D eigenvalue weighted by molar-refractivity contribution is 8.00. The molecule has 1 aromatic carbocycles. The fourth-order valence-electron chi connectivity index (χ4n) is 1.83. The summed E-state index contributed by atoms with van der Waals surface area (Å²) in [6.07, 6.45) is 0.520. The largest absolute Gasteiger partial charge is 0.396 e. The molecule has 1 aromatic rings. The van der Waals surface area contributed by atoms with Gasteiger partial charge in [0, 0.05) is 18.0 Å². The molecule has 1 aliphatic rings. The van der Waals surface area contributed by atoms with Gasteiger partial charge in [0.1, 0.15) is 6.54 Å². The van der Waals surface area contributed by atoms with Crippen LogP contribution in [0.2, 0.25) is 0 Å². The number of rotatable bonds is 5. The minimum Gasteiger partial charge on any atom is -0.396 e. The van der Waals surface area contributed by atoms with Crippen molar-refractivity contribution < 1.29 is 14.7 Å². The van der Waals surface area contributed by atoms with Crippen molar-refractivity contribution in [2.24, 2.45) is 0 Å². The van der Waals surface area contributed by atoms with Crippen LogP contribution in [0.4, 0.5) is 5.69 Å². The van der Waals surface area contributed by atoms with Gasteiger partial charge < -0.3 is 15.3 Å². The van der Waals surface area contributed by atoms with E-state index in [1.807, 2.05) is 24.3 Å². The topological polar surface area (TPSA) is 69.6 Å². The van der Waals surface area contributed by atoms with Gasteiger partial charge in [-0.1, -0.05) is 12.1 Å².